The van der Waals surface area contributed by atoms with Crippen molar-refractivity contribution in [1.82, 2.24) is 9.13 Å². The highest BCUT2D eigenvalue weighted by Gasteiger charge is 2.09. The molecule has 0 amide bonds. The summed E-state index contributed by atoms with van der Waals surface area (Å²) in [5.74, 6) is -0.417. The summed E-state index contributed by atoms with van der Waals surface area (Å²) in [6.45, 7) is 0.0404. The Hall–Kier alpha value is -0.960. The number of benzene rings is 1. The van der Waals surface area contributed by atoms with Gasteiger partial charge >= 0.3 is 5.69 Å². The standard InChI is InChI=1S/C12H9BrFIN2O2/c1-16-6-10(15)11(18)17(12(16)19)5-7-2-8(13)4-9(14)3-7/h2-4,6H,5H2,1H3. The Kier molecular flexibility index (Phi) is 4.24. The summed E-state index contributed by atoms with van der Waals surface area (Å²) in [5.41, 5.74) is -0.247. The quantitative estimate of drug-likeness (QED) is 0.674. The van der Waals surface area contributed by atoms with E-state index in [0.717, 1.165) is 4.57 Å². The third-order valence-corrected chi connectivity index (χ3v) is 3.75. The lowest BCUT2D eigenvalue weighted by atomic mass is 10.2. The number of aromatic nitrogens is 2. The van der Waals surface area contributed by atoms with Crippen LogP contribution in [0.1, 0.15) is 5.56 Å². The van der Waals surface area contributed by atoms with Gasteiger partial charge in [0.1, 0.15) is 5.82 Å². The summed E-state index contributed by atoms with van der Waals surface area (Å²) >= 11 is 5.05. The zero-order valence-electron chi connectivity index (χ0n) is 9.86. The van der Waals surface area contributed by atoms with Crippen molar-refractivity contribution in [1.29, 1.82) is 0 Å². The second kappa shape index (κ2) is 5.58. The molecule has 7 heteroatoms. The van der Waals surface area contributed by atoms with Gasteiger partial charge in [-0.25, -0.2) is 9.18 Å². The van der Waals surface area contributed by atoms with Crippen molar-refractivity contribution in [2.24, 2.45) is 7.05 Å². The number of aryl methyl sites for hydroxylation is 1. The smallest absolute Gasteiger partial charge is 0.302 e. The van der Waals surface area contributed by atoms with Crippen molar-refractivity contribution in [2.45, 2.75) is 6.54 Å². The van der Waals surface area contributed by atoms with E-state index in [9.17, 15) is 14.0 Å². The zero-order chi connectivity index (χ0) is 14.2. The molecule has 4 nitrogen and oxygen atoms in total. The summed E-state index contributed by atoms with van der Waals surface area (Å²) in [6, 6.07) is 4.30. The fourth-order valence-corrected chi connectivity index (χ4v) is 2.93. The third-order valence-electron chi connectivity index (χ3n) is 2.55. The van der Waals surface area contributed by atoms with Crippen LogP contribution in [0.3, 0.4) is 0 Å². The first-order valence-corrected chi connectivity index (χ1v) is 7.16. The SMILES string of the molecule is Cn1cc(I)c(=O)n(Cc2cc(F)cc(Br)c2)c1=O. The molecule has 0 unspecified atom stereocenters. The topological polar surface area (TPSA) is 44.0 Å². The van der Waals surface area contributed by atoms with Gasteiger partial charge in [0, 0.05) is 17.7 Å². The molecule has 0 N–H and O–H groups in total. The Morgan fingerprint density at radius 3 is 2.63 bits per heavy atom. The van der Waals surface area contributed by atoms with Crippen molar-refractivity contribution in [3.63, 3.8) is 0 Å². The lowest BCUT2D eigenvalue weighted by Gasteiger charge is -2.08. The molecule has 2 rings (SSSR count). The van der Waals surface area contributed by atoms with Crippen LogP contribution in [0.4, 0.5) is 4.39 Å². The molecular formula is C12H9BrFIN2O2. The van der Waals surface area contributed by atoms with Crippen LogP contribution in [-0.4, -0.2) is 9.13 Å². The maximum absolute atomic E-state index is 13.3. The second-order valence-corrected chi connectivity index (χ2v) is 6.12. The van der Waals surface area contributed by atoms with Crippen molar-refractivity contribution >= 4 is 38.5 Å². The molecule has 0 aliphatic carbocycles. The molecule has 0 fully saturated rings. The van der Waals surface area contributed by atoms with Crippen LogP contribution in [0.5, 0.6) is 0 Å². The molecule has 0 atom stereocenters. The van der Waals surface area contributed by atoms with E-state index in [0.29, 0.717) is 13.6 Å². The van der Waals surface area contributed by atoms with Crippen LogP contribution in [0.25, 0.3) is 0 Å². The Bertz CT molecular complexity index is 700. The average Bonchev–Trinajstić information content (AvgIpc) is 2.31. The van der Waals surface area contributed by atoms with E-state index in [1.54, 1.807) is 13.1 Å². The largest absolute Gasteiger partial charge is 0.331 e. The van der Waals surface area contributed by atoms with Crippen LogP contribution < -0.4 is 11.2 Å². The number of hydrogen-bond acceptors (Lipinski definition) is 2. The first-order valence-electron chi connectivity index (χ1n) is 5.29. The van der Waals surface area contributed by atoms with Gasteiger partial charge in [0.2, 0.25) is 0 Å². The van der Waals surface area contributed by atoms with Crippen molar-refractivity contribution in [2.75, 3.05) is 0 Å². The predicted molar refractivity (Wildman–Crippen MR) is 81.9 cm³/mol. The molecule has 0 saturated heterocycles. The number of hydrogen-bond donors (Lipinski definition) is 0. The van der Waals surface area contributed by atoms with Crippen molar-refractivity contribution < 1.29 is 4.39 Å². The van der Waals surface area contributed by atoms with E-state index in [-0.39, 0.29) is 12.1 Å². The Morgan fingerprint density at radius 1 is 1.32 bits per heavy atom. The fraction of sp³-hybridized carbons (Fsp3) is 0.167. The summed E-state index contributed by atoms with van der Waals surface area (Å²) in [5, 5.41) is 0. The highest BCUT2D eigenvalue weighted by atomic mass is 127. The van der Waals surface area contributed by atoms with Gasteiger partial charge in [-0.15, -0.1) is 0 Å². The minimum absolute atomic E-state index is 0.0404. The van der Waals surface area contributed by atoms with E-state index in [1.807, 2.05) is 22.6 Å². The zero-order valence-corrected chi connectivity index (χ0v) is 13.6. The molecule has 0 spiro atoms. The number of nitrogens with zero attached hydrogens (tertiary/aromatic N) is 2. The van der Waals surface area contributed by atoms with Crippen LogP contribution in [-0.2, 0) is 13.6 Å². The van der Waals surface area contributed by atoms with E-state index in [1.165, 1.54) is 22.9 Å². The van der Waals surface area contributed by atoms with Crippen LogP contribution in [0.2, 0.25) is 0 Å². The molecule has 0 saturated carbocycles. The second-order valence-electron chi connectivity index (χ2n) is 4.04. The van der Waals surface area contributed by atoms with Crippen LogP contribution in [0.15, 0.2) is 38.5 Å². The van der Waals surface area contributed by atoms with E-state index >= 15 is 0 Å². The minimum Gasteiger partial charge on any atom is -0.302 e. The maximum Gasteiger partial charge on any atom is 0.331 e. The van der Waals surface area contributed by atoms with Gasteiger partial charge in [-0.1, -0.05) is 15.9 Å². The molecule has 0 radical (unpaired) electrons. The van der Waals surface area contributed by atoms with Crippen molar-refractivity contribution in [3.05, 3.63) is 64.7 Å². The van der Waals surface area contributed by atoms with Gasteiger partial charge in [0.05, 0.1) is 10.1 Å². The summed E-state index contributed by atoms with van der Waals surface area (Å²) in [4.78, 5) is 23.9. The molecular weight excluding hydrogens is 430 g/mol. The molecule has 100 valence electrons. The van der Waals surface area contributed by atoms with Gasteiger partial charge in [-0.3, -0.25) is 9.36 Å². The van der Waals surface area contributed by atoms with Crippen molar-refractivity contribution in [3.8, 4) is 0 Å². The molecule has 2 aromatic rings. The van der Waals surface area contributed by atoms with E-state index < -0.39 is 11.5 Å². The van der Waals surface area contributed by atoms with Gasteiger partial charge in [0.25, 0.3) is 5.56 Å². The molecule has 1 aromatic carbocycles. The molecule has 1 heterocycles. The number of rotatable bonds is 2. The minimum atomic E-state index is -0.425. The van der Waals surface area contributed by atoms with E-state index in [4.69, 9.17) is 0 Å². The lowest BCUT2D eigenvalue weighted by molar-refractivity contribution is 0.610. The normalized spacial score (nSPS) is 10.7. The Labute approximate surface area is 130 Å². The Balaban J connectivity index is 2.55. The van der Waals surface area contributed by atoms with Gasteiger partial charge in [-0.05, 0) is 46.4 Å². The maximum atomic E-state index is 13.3. The number of halogens is 3. The molecule has 0 aliphatic rings. The van der Waals surface area contributed by atoms with Crippen LogP contribution >= 0.6 is 38.5 Å². The summed E-state index contributed by atoms with van der Waals surface area (Å²) in [6.07, 6.45) is 1.48. The first-order chi connectivity index (χ1) is 8.88. The highest BCUT2D eigenvalue weighted by molar-refractivity contribution is 14.1. The highest BCUT2D eigenvalue weighted by Crippen LogP contribution is 2.15. The van der Waals surface area contributed by atoms with Gasteiger partial charge < -0.3 is 4.57 Å². The Morgan fingerprint density at radius 2 is 2.00 bits per heavy atom. The first kappa shape index (κ1) is 14.4. The van der Waals surface area contributed by atoms with Gasteiger partial charge in [-0.2, -0.15) is 0 Å². The molecule has 0 aliphatic heterocycles. The third kappa shape index (κ3) is 3.14. The summed E-state index contributed by atoms with van der Waals surface area (Å²) < 4.78 is 16.7. The van der Waals surface area contributed by atoms with Gasteiger partial charge in [0.15, 0.2) is 0 Å². The molecule has 0 bridgehead atoms. The summed E-state index contributed by atoms with van der Waals surface area (Å²) in [7, 11) is 1.57. The molecule has 1 aromatic heterocycles. The van der Waals surface area contributed by atoms with E-state index in [2.05, 4.69) is 15.9 Å². The monoisotopic (exact) mass is 438 g/mol. The fourth-order valence-electron chi connectivity index (χ4n) is 1.71. The average molecular weight is 439 g/mol. The lowest BCUT2D eigenvalue weighted by Crippen LogP contribution is -2.40. The molecule has 19 heavy (non-hydrogen) atoms. The van der Waals surface area contributed by atoms with Crippen LogP contribution in [0, 0.1) is 9.39 Å². The predicted octanol–water partition coefficient (Wildman–Crippen LogP) is 2.10.